The predicted octanol–water partition coefficient (Wildman–Crippen LogP) is 0.304. The van der Waals surface area contributed by atoms with Crippen LogP contribution in [0.5, 0.6) is 0 Å². The number of carboxylic acids is 1. The SMILES string of the molecule is [N-]=[N+]=C(C(=O)O)C(F)(F)F. The minimum atomic E-state index is -5.11. The summed E-state index contributed by atoms with van der Waals surface area (Å²) in [5.74, 6) is -2.31. The van der Waals surface area contributed by atoms with Crippen molar-refractivity contribution in [2.75, 3.05) is 0 Å². The van der Waals surface area contributed by atoms with Gasteiger partial charge in [0.05, 0.1) is 0 Å². The molecular formula is C3HF3N2O2. The first-order valence-electron chi connectivity index (χ1n) is 1.92. The lowest BCUT2D eigenvalue weighted by Crippen LogP contribution is -2.31. The van der Waals surface area contributed by atoms with Gasteiger partial charge in [0, 0.05) is 0 Å². The largest absolute Gasteiger partial charge is 0.503 e. The van der Waals surface area contributed by atoms with Gasteiger partial charge in [-0.25, -0.2) is 4.79 Å². The van der Waals surface area contributed by atoms with Crippen LogP contribution in [-0.4, -0.2) is 27.8 Å². The number of halogens is 3. The summed E-state index contributed by atoms with van der Waals surface area (Å²) in [6.07, 6.45) is -5.11. The number of aliphatic carboxylic acids is 1. The van der Waals surface area contributed by atoms with E-state index in [1.807, 2.05) is 0 Å². The minimum Gasteiger partial charge on any atom is -0.472 e. The van der Waals surface area contributed by atoms with Gasteiger partial charge in [-0.15, -0.1) is 0 Å². The molecule has 56 valence electrons. The van der Waals surface area contributed by atoms with Crippen LogP contribution in [0.15, 0.2) is 0 Å². The lowest BCUT2D eigenvalue weighted by molar-refractivity contribution is -0.149. The Bertz CT molecular complexity index is 202. The van der Waals surface area contributed by atoms with Crippen LogP contribution in [0.3, 0.4) is 0 Å². The van der Waals surface area contributed by atoms with Gasteiger partial charge in [0.15, 0.2) is 0 Å². The van der Waals surface area contributed by atoms with Crippen molar-refractivity contribution in [2.45, 2.75) is 6.18 Å². The Morgan fingerprint density at radius 3 is 1.90 bits per heavy atom. The van der Waals surface area contributed by atoms with E-state index in [1.54, 1.807) is 4.79 Å². The normalized spacial score (nSPS) is 10.3. The molecule has 4 nitrogen and oxygen atoms in total. The van der Waals surface area contributed by atoms with E-state index in [0.717, 1.165) is 0 Å². The fourth-order valence-electron chi connectivity index (χ4n) is 0.221. The number of nitrogens with zero attached hydrogens (tertiary/aromatic N) is 2. The van der Waals surface area contributed by atoms with Gasteiger partial charge in [-0.05, 0) is 0 Å². The molecule has 0 radical (unpaired) electrons. The first-order chi connectivity index (χ1) is 4.39. The van der Waals surface area contributed by atoms with Crippen molar-refractivity contribution in [3.8, 4) is 0 Å². The van der Waals surface area contributed by atoms with Gasteiger partial charge in [0.1, 0.15) is 0 Å². The summed E-state index contributed by atoms with van der Waals surface area (Å²) in [6.45, 7) is 0. The molecule has 0 aliphatic rings. The van der Waals surface area contributed by atoms with Gasteiger partial charge < -0.3 is 10.6 Å². The van der Waals surface area contributed by atoms with E-state index in [-0.39, 0.29) is 0 Å². The predicted molar refractivity (Wildman–Crippen MR) is 22.3 cm³/mol. The number of hydrogen-bond donors (Lipinski definition) is 1. The van der Waals surface area contributed by atoms with E-state index in [9.17, 15) is 18.0 Å². The van der Waals surface area contributed by atoms with Crippen molar-refractivity contribution in [3.05, 3.63) is 5.53 Å². The molecule has 0 saturated carbocycles. The molecule has 0 aromatic carbocycles. The molecule has 0 aromatic rings. The summed E-state index contributed by atoms with van der Waals surface area (Å²) in [7, 11) is 0. The Labute approximate surface area is 52.5 Å². The fourth-order valence-corrected chi connectivity index (χ4v) is 0.221. The molecule has 0 fully saturated rings. The van der Waals surface area contributed by atoms with Gasteiger partial charge in [-0.1, -0.05) is 0 Å². The highest BCUT2D eigenvalue weighted by molar-refractivity contribution is 6.35. The van der Waals surface area contributed by atoms with E-state index < -0.39 is 17.9 Å². The van der Waals surface area contributed by atoms with Crippen molar-refractivity contribution in [3.63, 3.8) is 0 Å². The fraction of sp³-hybridized carbons (Fsp3) is 0.333. The van der Waals surface area contributed by atoms with Gasteiger partial charge in [0.25, 0.3) is 0 Å². The van der Waals surface area contributed by atoms with Crippen molar-refractivity contribution in [2.24, 2.45) is 0 Å². The van der Waals surface area contributed by atoms with Crippen LogP contribution >= 0.6 is 0 Å². The standard InChI is InChI=1S/C3HF3N2O2/c4-3(5,6)1(8-7)2(9)10/h(H,9,10). The zero-order chi connectivity index (χ0) is 8.36. The Morgan fingerprint density at radius 1 is 1.50 bits per heavy atom. The summed E-state index contributed by atoms with van der Waals surface area (Å²) in [5, 5.41) is 7.70. The van der Waals surface area contributed by atoms with Crippen molar-refractivity contribution in [1.82, 2.24) is 0 Å². The molecule has 0 spiro atoms. The van der Waals surface area contributed by atoms with Crippen LogP contribution in [0.4, 0.5) is 13.2 Å². The molecule has 0 aromatic heterocycles. The van der Waals surface area contributed by atoms with Crippen LogP contribution in [0.25, 0.3) is 5.53 Å². The second kappa shape index (κ2) is 2.49. The maximum Gasteiger partial charge on any atom is 0.503 e. The van der Waals surface area contributed by atoms with Crippen LogP contribution < -0.4 is 0 Å². The zero-order valence-electron chi connectivity index (χ0n) is 4.38. The third kappa shape index (κ3) is 1.87. The number of rotatable bonds is 1. The third-order valence-electron chi connectivity index (χ3n) is 0.571. The van der Waals surface area contributed by atoms with E-state index in [2.05, 4.69) is 0 Å². The lowest BCUT2D eigenvalue weighted by Gasteiger charge is -1.93. The van der Waals surface area contributed by atoms with Gasteiger partial charge in [-0.3, -0.25) is 0 Å². The van der Waals surface area contributed by atoms with Gasteiger partial charge in [0.2, 0.25) is 0 Å². The molecule has 0 heterocycles. The van der Waals surface area contributed by atoms with E-state index in [1.165, 1.54) is 0 Å². The maximum atomic E-state index is 11.3. The molecule has 0 bridgehead atoms. The second-order valence-corrected chi connectivity index (χ2v) is 1.25. The van der Waals surface area contributed by atoms with Crippen LogP contribution in [-0.2, 0) is 4.79 Å². The second-order valence-electron chi connectivity index (χ2n) is 1.25. The molecule has 0 unspecified atom stereocenters. The first-order valence-corrected chi connectivity index (χ1v) is 1.92. The Kier molecular flexibility index (Phi) is 2.15. The number of alkyl halides is 3. The summed E-state index contributed by atoms with van der Waals surface area (Å²) < 4.78 is 33.9. The average Bonchev–Trinajstić information content (AvgIpc) is 1.60. The molecule has 1 N–H and O–H groups in total. The minimum absolute atomic E-state index is 1.55. The number of hydrogen-bond acceptors (Lipinski definition) is 1. The smallest absolute Gasteiger partial charge is 0.472 e. The lowest BCUT2D eigenvalue weighted by atomic mass is 10.4. The summed E-state index contributed by atoms with van der Waals surface area (Å²) >= 11 is 0. The highest BCUT2D eigenvalue weighted by Gasteiger charge is 2.50. The van der Waals surface area contributed by atoms with E-state index >= 15 is 0 Å². The third-order valence-corrected chi connectivity index (χ3v) is 0.571. The molecule has 0 amide bonds. The number of carboxylic acid groups (broad SMARTS) is 1. The molecule has 7 heteroatoms. The topological polar surface area (TPSA) is 73.7 Å². The molecule has 0 aliphatic carbocycles. The molecule has 0 aliphatic heterocycles. The molecular weight excluding hydrogens is 153 g/mol. The highest BCUT2D eigenvalue weighted by atomic mass is 19.4. The maximum absolute atomic E-state index is 11.3. The van der Waals surface area contributed by atoms with Gasteiger partial charge in [-0.2, -0.15) is 18.0 Å². The van der Waals surface area contributed by atoms with Crippen LogP contribution in [0.1, 0.15) is 0 Å². The molecule has 10 heavy (non-hydrogen) atoms. The quantitative estimate of drug-likeness (QED) is 0.335. The Balaban J connectivity index is 4.74. The summed E-state index contributed by atoms with van der Waals surface area (Å²) in [4.78, 5) is 11.1. The monoisotopic (exact) mass is 154 g/mol. The average molecular weight is 154 g/mol. The zero-order valence-corrected chi connectivity index (χ0v) is 4.38. The van der Waals surface area contributed by atoms with E-state index in [4.69, 9.17) is 10.6 Å². The van der Waals surface area contributed by atoms with Crippen LogP contribution in [0.2, 0.25) is 0 Å². The molecule has 0 atom stereocenters. The Morgan fingerprint density at radius 2 is 1.90 bits per heavy atom. The van der Waals surface area contributed by atoms with Crippen molar-refractivity contribution in [1.29, 1.82) is 0 Å². The highest BCUT2D eigenvalue weighted by Crippen LogP contribution is 2.15. The van der Waals surface area contributed by atoms with E-state index in [0.29, 0.717) is 0 Å². The van der Waals surface area contributed by atoms with Crippen LogP contribution in [0, 0.1) is 0 Å². The first kappa shape index (κ1) is 8.64. The van der Waals surface area contributed by atoms with Crippen molar-refractivity contribution < 1.29 is 27.9 Å². The summed E-state index contributed by atoms with van der Waals surface area (Å²) in [6, 6.07) is 0. The molecule has 0 rings (SSSR count). The summed E-state index contributed by atoms with van der Waals surface area (Å²) in [5.41, 5.74) is 5.29. The number of carbonyl (C=O) groups is 1. The van der Waals surface area contributed by atoms with Gasteiger partial charge >= 0.3 is 17.9 Å². The Hall–Kier alpha value is -1.36. The van der Waals surface area contributed by atoms with Crippen molar-refractivity contribution >= 4 is 11.7 Å². The molecule has 0 saturated heterocycles.